The Morgan fingerprint density at radius 3 is 1.59 bits per heavy atom. The number of benzene rings is 3. The predicted octanol–water partition coefficient (Wildman–Crippen LogP) is 8.22. The largest absolute Gasteiger partial charge is 0.270 e. The van der Waals surface area contributed by atoms with Gasteiger partial charge in [-0.15, -0.1) is 0 Å². The molecule has 12 heteroatoms. The molecular weight excluding hydrogens is 596 g/mol. The summed E-state index contributed by atoms with van der Waals surface area (Å²) in [6.07, 6.45) is 0. The van der Waals surface area contributed by atoms with Crippen molar-refractivity contribution in [3.63, 3.8) is 0 Å². The predicted molar refractivity (Wildman–Crippen MR) is 154 cm³/mol. The van der Waals surface area contributed by atoms with Crippen molar-refractivity contribution in [2.75, 3.05) is 0 Å². The first-order valence-electron chi connectivity index (χ1n) is 12.4. The lowest BCUT2D eigenvalue weighted by Gasteiger charge is -2.14. The van der Waals surface area contributed by atoms with Crippen molar-refractivity contribution in [1.82, 2.24) is 0 Å². The summed E-state index contributed by atoms with van der Waals surface area (Å²) < 4.78 is 57.2. The molecule has 5 rings (SSSR count). The fourth-order valence-corrected chi connectivity index (χ4v) is 5.40. The second-order valence-electron chi connectivity index (χ2n) is 9.35. The molecule has 2 aliphatic carbocycles. The molecule has 8 nitrogen and oxygen atoms in total. The Bertz CT molecular complexity index is 2290. The van der Waals surface area contributed by atoms with Gasteiger partial charge in [-0.25, -0.2) is 47.5 Å². The highest BCUT2D eigenvalue weighted by molar-refractivity contribution is 6.29. The minimum absolute atomic E-state index is 0.00345. The van der Waals surface area contributed by atoms with Gasteiger partial charge in [0.15, 0.2) is 23.1 Å². The lowest BCUT2D eigenvalue weighted by Crippen LogP contribution is -1.98. The number of nitrogens with zero attached hydrogens (tertiary/aromatic N) is 8. The van der Waals surface area contributed by atoms with Crippen LogP contribution in [-0.4, -0.2) is 0 Å². The van der Waals surface area contributed by atoms with Crippen molar-refractivity contribution in [1.29, 1.82) is 21.0 Å². The van der Waals surface area contributed by atoms with Crippen LogP contribution in [0, 0.1) is 94.9 Å². The van der Waals surface area contributed by atoms with Crippen molar-refractivity contribution in [2.45, 2.75) is 0 Å². The van der Waals surface area contributed by atoms with Gasteiger partial charge in [-0.05, 0) is 74.9 Å². The third-order valence-corrected chi connectivity index (χ3v) is 7.22. The maximum absolute atomic E-state index is 14.5. The quantitative estimate of drug-likeness (QED) is 0.167. The smallest absolute Gasteiger partial charge is 0.237 e. The number of nitriles is 4. The molecule has 0 aromatic heterocycles. The van der Waals surface area contributed by atoms with Crippen LogP contribution in [0.1, 0.15) is 38.9 Å². The maximum Gasteiger partial charge on any atom is 0.270 e. The Morgan fingerprint density at radius 1 is 0.543 bits per heavy atom. The van der Waals surface area contributed by atoms with Crippen molar-refractivity contribution in [3.05, 3.63) is 156 Å². The standard InChI is InChI=1S/C34H6F4N8/c1-43-27-10-26(38)25(37)9-21(27)33-32(29(14-42)45-3)19-7-18-17(6-20(19)34(33)46-4)22(12-40)30(31(18)28(13-41)44-2)16-8-24(36)23(35)5-15(16)11-39/h5-10H/b31-28+,32-29-. The summed E-state index contributed by atoms with van der Waals surface area (Å²) in [5.74, 6) is -5.48. The van der Waals surface area contributed by atoms with Gasteiger partial charge in [0.25, 0.3) is 11.4 Å². The highest BCUT2D eigenvalue weighted by atomic mass is 19.2. The zero-order valence-electron chi connectivity index (χ0n) is 22.6. The molecule has 0 atom stereocenters. The van der Waals surface area contributed by atoms with E-state index < -0.39 is 45.9 Å². The minimum Gasteiger partial charge on any atom is -0.237 e. The Hall–Kier alpha value is -7.74. The van der Waals surface area contributed by atoms with E-state index in [1.165, 1.54) is 12.1 Å². The number of fused-ring (bicyclic) bond motifs is 2. The van der Waals surface area contributed by atoms with Gasteiger partial charge in [0, 0.05) is 11.1 Å². The molecule has 0 heterocycles. The van der Waals surface area contributed by atoms with Gasteiger partial charge in [-0.1, -0.05) is 6.07 Å². The van der Waals surface area contributed by atoms with Gasteiger partial charge in [0.05, 0.1) is 55.6 Å². The summed E-state index contributed by atoms with van der Waals surface area (Å²) in [7, 11) is 0. The molecule has 3 aromatic rings. The summed E-state index contributed by atoms with van der Waals surface area (Å²) in [5.41, 5.74) is -4.27. The number of allylic oxidation sites excluding steroid dienone is 7. The summed E-state index contributed by atoms with van der Waals surface area (Å²) in [6.45, 7) is 30.7. The Morgan fingerprint density at radius 2 is 1.07 bits per heavy atom. The molecule has 0 saturated heterocycles. The average Bonchev–Trinajstić information content (AvgIpc) is 3.55. The van der Waals surface area contributed by atoms with Crippen LogP contribution in [0.25, 0.3) is 52.9 Å². The van der Waals surface area contributed by atoms with E-state index in [-0.39, 0.29) is 66.9 Å². The first kappa shape index (κ1) is 29.7. The topological polar surface area (TPSA) is 113 Å². The number of halogens is 4. The molecule has 210 valence electrons. The van der Waals surface area contributed by atoms with E-state index in [0.717, 1.165) is 0 Å². The van der Waals surface area contributed by atoms with Gasteiger partial charge >= 0.3 is 0 Å². The van der Waals surface area contributed by atoms with Crippen molar-refractivity contribution in [2.24, 2.45) is 0 Å². The molecule has 46 heavy (non-hydrogen) atoms. The molecule has 0 radical (unpaired) electrons. The molecule has 0 fully saturated rings. The molecule has 0 aliphatic heterocycles. The number of hydrogen-bond donors (Lipinski definition) is 0. The maximum atomic E-state index is 14.5. The molecule has 2 aliphatic rings. The fourth-order valence-electron chi connectivity index (χ4n) is 5.40. The van der Waals surface area contributed by atoms with Gasteiger partial charge in [-0.3, -0.25) is 0 Å². The van der Waals surface area contributed by atoms with Gasteiger partial charge in [-0.2, -0.15) is 10.5 Å². The van der Waals surface area contributed by atoms with Crippen LogP contribution in [0.5, 0.6) is 0 Å². The number of hydrogen-bond acceptors (Lipinski definition) is 4. The van der Waals surface area contributed by atoms with E-state index in [4.69, 9.17) is 26.3 Å². The highest BCUT2D eigenvalue weighted by Crippen LogP contribution is 2.56. The summed E-state index contributed by atoms with van der Waals surface area (Å²) >= 11 is 0. The minimum atomic E-state index is -1.39. The molecule has 3 aromatic carbocycles. The van der Waals surface area contributed by atoms with E-state index in [1.807, 2.05) is 6.07 Å². The second kappa shape index (κ2) is 11.2. The first-order valence-corrected chi connectivity index (χ1v) is 12.4. The van der Waals surface area contributed by atoms with Crippen molar-refractivity contribution in [3.8, 4) is 24.3 Å². The Balaban J connectivity index is 2.00. The van der Waals surface area contributed by atoms with Crippen LogP contribution in [-0.2, 0) is 0 Å². The molecule has 0 spiro atoms. The second-order valence-corrected chi connectivity index (χ2v) is 9.35. The van der Waals surface area contributed by atoms with Crippen LogP contribution in [0.2, 0.25) is 0 Å². The van der Waals surface area contributed by atoms with Crippen LogP contribution in [0.3, 0.4) is 0 Å². The average molecular weight is 602 g/mol. The summed E-state index contributed by atoms with van der Waals surface area (Å²) in [6, 6.07) is 12.1. The van der Waals surface area contributed by atoms with Gasteiger partial charge in [0.2, 0.25) is 5.70 Å². The summed E-state index contributed by atoms with van der Waals surface area (Å²) in [5, 5.41) is 39.8. The normalized spacial score (nSPS) is 14.7. The van der Waals surface area contributed by atoms with Gasteiger partial charge in [0.1, 0.15) is 11.9 Å². The zero-order valence-corrected chi connectivity index (χ0v) is 22.6. The third kappa shape index (κ3) is 4.15. The van der Waals surface area contributed by atoms with Crippen molar-refractivity contribution >= 4 is 39.2 Å². The Labute approximate surface area is 257 Å². The Kier molecular flexibility index (Phi) is 7.21. The number of rotatable bonds is 2. The molecule has 0 amide bonds. The first-order chi connectivity index (χ1) is 22.1. The van der Waals surface area contributed by atoms with E-state index in [9.17, 15) is 38.6 Å². The van der Waals surface area contributed by atoms with Crippen LogP contribution in [0.4, 0.5) is 23.2 Å². The van der Waals surface area contributed by atoms with Gasteiger partial charge < -0.3 is 0 Å². The van der Waals surface area contributed by atoms with E-state index in [1.54, 1.807) is 18.2 Å². The SMILES string of the molecule is [C-]#[N+]C1=C(c2cc(F)c(F)cc2[N+]#[C-])/C(=C(/C#N)[N+]#[C-])c2cc3c(cc21)C(C#N)=C(c1cc(F)c(F)cc1C#N)/C3=C(\C#N)[N+]#[C-]. The zero-order chi connectivity index (χ0) is 33.4. The lowest BCUT2D eigenvalue weighted by molar-refractivity contribution is 0.508. The fraction of sp³-hybridized carbons (Fsp3) is 0. The van der Waals surface area contributed by atoms with Crippen LogP contribution in [0.15, 0.2) is 47.8 Å². The molecule has 0 N–H and O–H groups in total. The molecule has 0 saturated carbocycles. The monoisotopic (exact) mass is 602 g/mol. The van der Waals surface area contributed by atoms with Crippen LogP contribution < -0.4 is 0 Å². The summed E-state index contributed by atoms with van der Waals surface area (Å²) in [4.78, 5) is 13.2. The van der Waals surface area contributed by atoms with Crippen LogP contribution >= 0.6 is 0 Å². The molecule has 0 bridgehead atoms. The lowest BCUT2D eigenvalue weighted by atomic mass is 9.89. The van der Waals surface area contributed by atoms with E-state index >= 15 is 0 Å². The molecule has 0 unspecified atom stereocenters. The van der Waals surface area contributed by atoms with Crippen molar-refractivity contribution < 1.29 is 17.6 Å². The third-order valence-electron chi connectivity index (χ3n) is 7.22. The van der Waals surface area contributed by atoms with E-state index in [0.29, 0.717) is 24.3 Å². The highest BCUT2D eigenvalue weighted by Gasteiger charge is 2.38. The van der Waals surface area contributed by atoms with E-state index in [2.05, 4.69) is 19.4 Å². The molecular formula is C34H6F4N8.